The van der Waals surface area contributed by atoms with Crippen molar-refractivity contribution in [3.63, 3.8) is 0 Å². The summed E-state index contributed by atoms with van der Waals surface area (Å²) >= 11 is 0. The summed E-state index contributed by atoms with van der Waals surface area (Å²) in [6.45, 7) is 2.68. The van der Waals surface area contributed by atoms with Gasteiger partial charge in [-0.2, -0.15) is 0 Å². The third-order valence-corrected chi connectivity index (χ3v) is 18.2. The van der Waals surface area contributed by atoms with Crippen LogP contribution in [0.25, 0.3) is 0 Å². The number of carbonyl (C=O) groups excluding carboxylic acids is 1. The normalized spacial score (nSPS) is 22.7. The Balaban J connectivity index is 1.65. The molecule has 0 radical (unpaired) electrons. The van der Waals surface area contributed by atoms with Gasteiger partial charge >= 0.3 is 0 Å². The van der Waals surface area contributed by atoms with E-state index in [4.69, 9.17) is 18.9 Å². The van der Waals surface area contributed by atoms with Gasteiger partial charge in [-0.1, -0.05) is 320 Å². The van der Waals surface area contributed by atoms with Crippen LogP contribution < -0.4 is 5.32 Å². The summed E-state index contributed by atoms with van der Waals surface area (Å²) in [5.41, 5.74) is 0. The number of hydrogen-bond donors (Lipinski definition) is 9. The van der Waals surface area contributed by atoms with E-state index in [-0.39, 0.29) is 18.9 Å². The van der Waals surface area contributed by atoms with Gasteiger partial charge in [-0.15, -0.1) is 0 Å². The second-order valence-corrected chi connectivity index (χ2v) is 27.1. The van der Waals surface area contributed by atoms with Gasteiger partial charge in [-0.3, -0.25) is 4.79 Å². The van der Waals surface area contributed by atoms with Crippen LogP contribution in [0.15, 0.2) is 158 Å². The van der Waals surface area contributed by atoms with Crippen molar-refractivity contribution in [3.05, 3.63) is 158 Å². The van der Waals surface area contributed by atoms with Gasteiger partial charge in [0.05, 0.1) is 32.0 Å². The Kier molecular flexibility index (Phi) is 62.1. The van der Waals surface area contributed by atoms with E-state index < -0.39 is 86.8 Å². The molecule has 2 heterocycles. The van der Waals surface area contributed by atoms with E-state index in [0.717, 1.165) is 128 Å². The second-order valence-electron chi connectivity index (χ2n) is 27.1. The molecule has 9 N–H and O–H groups in total. The summed E-state index contributed by atoms with van der Waals surface area (Å²) in [5, 5.41) is 87.6. The Bertz CT molecular complexity index is 2290. The Labute approximate surface area is 607 Å². The number of rotatable bonds is 64. The predicted molar refractivity (Wildman–Crippen MR) is 414 cm³/mol. The number of aliphatic hydroxyl groups excluding tert-OH is 8. The maximum atomic E-state index is 13.4. The Morgan fingerprint density at radius 1 is 0.370 bits per heavy atom. The summed E-state index contributed by atoms with van der Waals surface area (Å²) in [6, 6.07) is -0.951. The molecule has 12 atom stereocenters. The van der Waals surface area contributed by atoms with Crippen LogP contribution in [0.3, 0.4) is 0 Å². The molecule has 12 unspecified atom stereocenters. The lowest BCUT2D eigenvalue weighted by molar-refractivity contribution is -0.359. The summed E-state index contributed by atoms with van der Waals surface area (Å²) in [7, 11) is 0. The number of ether oxygens (including phenoxy) is 4. The molecule has 2 aliphatic heterocycles. The molecule has 0 bridgehead atoms. The van der Waals surface area contributed by atoms with Gasteiger partial charge in [-0.25, -0.2) is 0 Å². The van der Waals surface area contributed by atoms with Crippen molar-refractivity contribution in [1.82, 2.24) is 5.32 Å². The fourth-order valence-electron chi connectivity index (χ4n) is 12.0. The van der Waals surface area contributed by atoms with Crippen molar-refractivity contribution in [2.75, 3.05) is 19.8 Å². The molecule has 2 rings (SSSR count). The SMILES string of the molecule is CC/C=C\C/C=C\C/C=C\C/C=C\C/C=C\C/C=C\C/C=C\C/C=C\C/C=C\C/C=C\C/C=C\CCCCCCCCCC(=O)NC(COC1OC(CO)C(OC2OC(CO)C(O)C(O)C2O)C(O)C1O)C(O)/C=C/CC/C=C/CCCCCCCCCCCCCCCCCCCCC. The van der Waals surface area contributed by atoms with Gasteiger partial charge < -0.3 is 65.1 Å². The number of carbonyl (C=O) groups is 1. The van der Waals surface area contributed by atoms with E-state index >= 15 is 0 Å². The van der Waals surface area contributed by atoms with E-state index in [9.17, 15) is 45.6 Å². The molecule has 0 aromatic carbocycles. The summed E-state index contributed by atoms with van der Waals surface area (Å²) in [5.74, 6) is -0.264. The number of allylic oxidation sites excluding steroid dienone is 25. The second kappa shape index (κ2) is 67.8. The molecule has 570 valence electrons. The van der Waals surface area contributed by atoms with Crippen LogP contribution in [0.1, 0.15) is 284 Å². The molecule has 0 aliphatic carbocycles. The lowest BCUT2D eigenvalue weighted by Crippen LogP contribution is -2.65. The standard InChI is InChI=1S/C86H143NO13/c1-3-5-7-9-11-13-15-17-19-21-23-25-27-29-30-31-32-33-34-35-36-37-38-39-40-41-42-43-44-46-48-50-52-54-56-58-60-62-64-66-68-70-78(91)87-74(73-97-85-83(96)81(94)84(77(72-89)99-85)100-86-82(95)80(93)79(92)76(71-88)98-86)75(90)69-67-65-63-61-59-57-55-53-51-49-47-45-28-26-24-22-20-18-16-14-12-10-8-6-4-2/h5,7,11,13,17,19,23,25,29-30,32-33,35-36,38-39,41-42,44,46,50,52,59,61,67,69,74-77,79-86,88-90,92-96H,3-4,6,8-10,12,14-16,18,20-22,24,26-28,31,34,37,40,43,45,47-49,51,53-58,60,62-66,68,70-73H2,1-2H3,(H,87,91)/b7-5-,13-11-,19-17-,25-23-,30-29-,33-32-,36-35-,39-38-,42-41-,46-44-,52-50-,61-59+,69-67+. The molecule has 0 spiro atoms. The van der Waals surface area contributed by atoms with E-state index in [1.165, 1.54) is 122 Å². The molecule has 14 nitrogen and oxygen atoms in total. The minimum Gasteiger partial charge on any atom is -0.394 e. The number of hydrogen-bond acceptors (Lipinski definition) is 13. The first-order valence-electron chi connectivity index (χ1n) is 39.7. The predicted octanol–water partition coefficient (Wildman–Crippen LogP) is 18.1. The average Bonchev–Trinajstić information content (AvgIpc) is 0.791. The number of amides is 1. The quantitative estimate of drug-likeness (QED) is 0.0204. The minimum atomic E-state index is -1.80. The fraction of sp³-hybridized carbons (Fsp3) is 0.686. The van der Waals surface area contributed by atoms with Crippen LogP contribution in [0.2, 0.25) is 0 Å². The largest absolute Gasteiger partial charge is 0.394 e. The van der Waals surface area contributed by atoms with E-state index in [1.54, 1.807) is 6.08 Å². The zero-order chi connectivity index (χ0) is 72.2. The highest BCUT2D eigenvalue weighted by atomic mass is 16.7. The van der Waals surface area contributed by atoms with Crippen LogP contribution in [0.4, 0.5) is 0 Å². The summed E-state index contributed by atoms with van der Waals surface area (Å²) in [4.78, 5) is 13.4. The first kappa shape index (κ1) is 91.7. The maximum Gasteiger partial charge on any atom is 0.220 e. The van der Waals surface area contributed by atoms with Gasteiger partial charge in [0.2, 0.25) is 5.91 Å². The maximum absolute atomic E-state index is 13.4. The zero-order valence-electron chi connectivity index (χ0n) is 62.4. The van der Waals surface area contributed by atoms with Crippen molar-refractivity contribution in [2.24, 2.45) is 0 Å². The van der Waals surface area contributed by atoms with Crippen molar-refractivity contribution in [1.29, 1.82) is 0 Å². The minimum absolute atomic E-state index is 0.251. The lowest BCUT2D eigenvalue weighted by atomic mass is 9.97. The van der Waals surface area contributed by atoms with Crippen LogP contribution in [-0.4, -0.2) is 140 Å². The summed E-state index contributed by atoms with van der Waals surface area (Å²) in [6.07, 6.45) is 87.4. The molecule has 0 aromatic heterocycles. The molecule has 14 heteroatoms. The molecule has 0 saturated carbocycles. The van der Waals surface area contributed by atoms with Crippen molar-refractivity contribution in [2.45, 2.75) is 357 Å². The molecule has 2 fully saturated rings. The Morgan fingerprint density at radius 2 is 0.700 bits per heavy atom. The monoisotopic (exact) mass is 1400 g/mol. The first-order chi connectivity index (χ1) is 49.1. The van der Waals surface area contributed by atoms with Crippen molar-refractivity contribution >= 4 is 5.91 Å². The van der Waals surface area contributed by atoms with Crippen LogP contribution >= 0.6 is 0 Å². The Hall–Kier alpha value is -4.39. The van der Waals surface area contributed by atoms with E-state index in [1.807, 2.05) is 6.08 Å². The molecule has 0 aromatic rings. The summed E-state index contributed by atoms with van der Waals surface area (Å²) < 4.78 is 22.9. The van der Waals surface area contributed by atoms with E-state index in [2.05, 4.69) is 165 Å². The molecular formula is C86H143NO13. The van der Waals surface area contributed by atoms with Crippen LogP contribution in [0, 0.1) is 0 Å². The fourth-order valence-corrected chi connectivity index (χ4v) is 12.0. The van der Waals surface area contributed by atoms with Gasteiger partial charge in [0.25, 0.3) is 0 Å². The molecule has 2 saturated heterocycles. The number of aliphatic hydroxyl groups is 8. The smallest absolute Gasteiger partial charge is 0.220 e. The third-order valence-electron chi connectivity index (χ3n) is 18.2. The highest BCUT2D eigenvalue weighted by molar-refractivity contribution is 5.76. The Morgan fingerprint density at radius 3 is 1.10 bits per heavy atom. The molecular weight excluding hydrogens is 1250 g/mol. The van der Waals surface area contributed by atoms with Crippen LogP contribution in [-0.2, 0) is 23.7 Å². The molecule has 2 aliphatic rings. The molecule has 100 heavy (non-hydrogen) atoms. The van der Waals surface area contributed by atoms with Crippen molar-refractivity contribution < 1.29 is 64.6 Å². The van der Waals surface area contributed by atoms with Gasteiger partial charge in [0.1, 0.15) is 48.8 Å². The van der Waals surface area contributed by atoms with Gasteiger partial charge in [0.15, 0.2) is 12.6 Å². The topological polar surface area (TPSA) is 228 Å². The van der Waals surface area contributed by atoms with Gasteiger partial charge in [0, 0.05) is 6.42 Å². The highest BCUT2D eigenvalue weighted by Crippen LogP contribution is 2.30. The van der Waals surface area contributed by atoms with E-state index in [0.29, 0.717) is 12.8 Å². The highest BCUT2D eigenvalue weighted by Gasteiger charge is 2.51. The van der Waals surface area contributed by atoms with Crippen molar-refractivity contribution in [3.8, 4) is 0 Å². The lowest BCUT2D eigenvalue weighted by Gasteiger charge is -2.46. The number of nitrogens with one attached hydrogen (secondary N) is 1. The average molecular weight is 1400 g/mol. The van der Waals surface area contributed by atoms with Gasteiger partial charge in [-0.05, 0) is 116 Å². The van der Waals surface area contributed by atoms with Crippen LogP contribution in [0.5, 0.6) is 0 Å². The third kappa shape index (κ3) is 50.1. The zero-order valence-corrected chi connectivity index (χ0v) is 62.4. The molecule has 1 amide bonds. The first-order valence-corrected chi connectivity index (χ1v) is 39.7. The number of unbranched alkanes of at least 4 members (excludes halogenated alkanes) is 27.